The van der Waals surface area contributed by atoms with Gasteiger partial charge in [-0.1, -0.05) is 0 Å². The van der Waals surface area contributed by atoms with Crippen molar-refractivity contribution < 1.29 is 9.85 Å². The lowest BCUT2D eigenvalue weighted by Gasteiger charge is -2.07. The Morgan fingerprint density at radius 3 is 2.24 bits per heavy atom. The molecule has 0 N–H and O–H groups in total. The lowest BCUT2D eigenvalue weighted by atomic mass is 10.1. The lowest BCUT2D eigenvalue weighted by molar-refractivity contribution is -0.394. The Bertz CT molecular complexity index is 734. The summed E-state index contributed by atoms with van der Waals surface area (Å²) in [5, 5.41) is 21.8. The number of hydrogen-bond acceptors (Lipinski definition) is 4. The summed E-state index contributed by atoms with van der Waals surface area (Å²) in [4.78, 5) is 20.6. The summed E-state index contributed by atoms with van der Waals surface area (Å²) in [6, 6.07) is 3.75. The number of hydrogen-bond donors (Lipinski definition) is 0. The first-order valence-corrected chi connectivity index (χ1v) is 6.36. The number of nitrogens with zero attached hydrogens (tertiary/aromatic N) is 3. The third kappa shape index (κ3) is 2.76. The van der Waals surface area contributed by atoms with Gasteiger partial charge in [0, 0.05) is 23.5 Å². The molecule has 7 nitrogen and oxygen atoms in total. The van der Waals surface area contributed by atoms with Gasteiger partial charge in [0.25, 0.3) is 11.4 Å². The van der Waals surface area contributed by atoms with E-state index < -0.39 is 9.85 Å². The van der Waals surface area contributed by atoms with Crippen LogP contribution >= 0.6 is 0 Å². The van der Waals surface area contributed by atoms with E-state index in [1.807, 2.05) is 31.5 Å². The van der Waals surface area contributed by atoms with Crippen LogP contribution in [0.4, 0.5) is 11.4 Å². The first-order chi connectivity index (χ1) is 9.81. The first-order valence-electron chi connectivity index (χ1n) is 6.36. The molecule has 1 heterocycles. The lowest BCUT2D eigenvalue weighted by Crippen LogP contribution is -2.04. The third-order valence-corrected chi connectivity index (χ3v) is 3.73. The molecule has 1 aromatic heterocycles. The predicted octanol–water partition coefficient (Wildman–Crippen LogP) is 3.28. The monoisotopic (exact) mass is 289 g/mol. The summed E-state index contributed by atoms with van der Waals surface area (Å²) in [6.07, 6.45) is 1.93. The highest BCUT2D eigenvalue weighted by atomic mass is 16.6. The normalized spacial score (nSPS) is 10.6. The Morgan fingerprint density at radius 1 is 1.10 bits per heavy atom. The highest BCUT2D eigenvalue weighted by molar-refractivity contribution is 5.49. The van der Waals surface area contributed by atoms with Crippen LogP contribution in [0.3, 0.4) is 0 Å². The molecule has 0 radical (unpaired) electrons. The van der Waals surface area contributed by atoms with Crippen LogP contribution in [-0.2, 0) is 6.54 Å². The van der Waals surface area contributed by atoms with Gasteiger partial charge in [0.15, 0.2) is 0 Å². The van der Waals surface area contributed by atoms with E-state index in [1.165, 1.54) is 12.1 Å². The van der Waals surface area contributed by atoms with E-state index in [2.05, 4.69) is 0 Å². The second-order valence-corrected chi connectivity index (χ2v) is 4.98. The molecule has 2 aromatic rings. The summed E-state index contributed by atoms with van der Waals surface area (Å²) in [5.41, 5.74) is 3.22. The SMILES string of the molecule is Cc1cn(Cc2ccc([N+](=O)[O-])cc2[N+](=O)[O-])c(C)c1C. The average Bonchev–Trinajstić information content (AvgIpc) is 2.66. The van der Waals surface area contributed by atoms with Gasteiger partial charge in [-0.3, -0.25) is 20.2 Å². The van der Waals surface area contributed by atoms with E-state index in [1.54, 1.807) is 0 Å². The van der Waals surface area contributed by atoms with Crippen molar-refractivity contribution in [2.24, 2.45) is 0 Å². The van der Waals surface area contributed by atoms with Crippen LogP contribution in [0.2, 0.25) is 0 Å². The number of rotatable bonds is 4. The molecule has 110 valence electrons. The molecule has 0 aliphatic heterocycles. The van der Waals surface area contributed by atoms with Crippen LogP contribution in [0.15, 0.2) is 24.4 Å². The zero-order chi connectivity index (χ0) is 15.7. The molecule has 0 atom stereocenters. The van der Waals surface area contributed by atoms with Gasteiger partial charge >= 0.3 is 0 Å². The van der Waals surface area contributed by atoms with Crippen molar-refractivity contribution >= 4 is 11.4 Å². The molecule has 0 saturated carbocycles. The standard InChI is InChI=1S/C14H15N3O4/c1-9-7-15(11(3)10(9)2)8-12-4-5-13(16(18)19)6-14(12)17(20)21/h4-7H,8H2,1-3H3. The van der Waals surface area contributed by atoms with E-state index in [-0.39, 0.29) is 11.4 Å². The molecule has 0 saturated heterocycles. The van der Waals surface area contributed by atoms with Gasteiger partial charge in [-0.2, -0.15) is 0 Å². The van der Waals surface area contributed by atoms with Gasteiger partial charge in [0.05, 0.1) is 22.5 Å². The van der Waals surface area contributed by atoms with Crippen LogP contribution in [0.1, 0.15) is 22.4 Å². The Labute approximate surface area is 121 Å². The molecule has 2 rings (SSSR count). The van der Waals surface area contributed by atoms with Gasteiger partial charge < -0.3 is 4.57 Å². The Morgan fingerprint density at radius 2 is 1.76 bits per heavy atom. The molecule has 0 aliphatic rings. The molecule has 0 aliphatic carbocycles. The second kappa shape index (κ2) is 5.35. The number of non-ortho nitro benzene ring substituents is 1. The minimum Gasteiger partial charge on any atom is -0.347 e. The second-order valence-electron chi connectivity index (χ2n) is 4.98. The quantitative estimate of drug-likeness (QED) is 0.638. The largest absolute Gasteiger partial charge is 0.347 e. The number of aryl methyl sites for hydroxylation is 1. The fourth-order valence-corrected chi connectivity index (χ4v) is 2.25. The summed E-state index contributed by atoms with van der Waals surface area (Å²) in [5.74, 6) is 0. The van der Waals surface area contributed by atoms with Crippen molar-refractivity contribution in [1.29, 1.82) is 0 Å². The third-order valence-electron chi connectivity index (χ3n) is 3.73. The minimum absolute atomic E-state index is 0.229. The molecular weight excluding hydrogens is 274 g/mol. The maximum absolute atomic E-state index is 11.1. The fraction of sp³-hybridized carbons (Fsp3) is 0.286. The minimum atomic E-state index is -0.633. The van der Waals surface area contributed by atoms with Gasteiger partial charge in [-0.05, 0) is 38.0 Å². The van der Waals surface area contributed by atoms with Gasteiger partial charge in [0.1, 0.15) is 0 Å². The number of aromatic nitrogens is 1. The van der Waals surface area contributed by atoms with Gasteiger partial charge in [-0.25, -0.2) is 0 Å². The Hall–Kier alpha value is -2.70. The molecule has 1 aromatic carbocycles. The van der Waals surface area contributed by atoms with Gasteiger partial charge in [-0.15, -0.1) is 0 Å². The van der Waals surface area contributed by atoms with E-state index in [0.717, 1.165) is 22.9 Å². The molecule has 0 unspecified atom stereocenters. The highest BCUT2D eigenvalue weighted by Gasteiger charge is 2.20. The fourth-order valence-electron chi connectivity index (χ4n) is 2.25. The van der Waals surface area contributed by atoms with E-state index in [0.29, 0.717) is 12.1 Å². The van der Waals surface area contributed by atoms with Crippen LogP contribution in [-0.4, -0.2) is 14.4 Å². The van der Waals surface area contributed by atoms with Crippen molar-refractivity contribution in [1.82, 2.24) is 4.57 Å². The van der Waals surface area contributed by atoms with Crippen LogP contribution in [0.5, 0.6) is 0 Å². The zero-order valence-corrected chi connectivity index (χ0v) is 12.0. The molecule has 0 amide bonds. The summed E-state index contributed by atoms with van der Waals surface area (Å²) < 4.78 is 1.92. The van der Waals surface area contributed by atoms with Crippen molar-refractivity contribution in [3.63, 3.8) is 0 Å². The summed E-state index contributed by atoms with van der Waals surface area (Å²) in [6.45, 7) is 6.23. The maximum Gasteiger partial charge on any atom is 0.281 e. The smallest absolute Gasteiger partial charge is 0.281 e. The summed E-state index contributed by atoms with van der Waals surface area (Å²) >= 11 is 0. The van der Waals surface area contributed by atoms with Crippen LogP contribution < -0.4 is 0 Å². The van der Waals surface area contributed by atoms with Gasteiger partial charge in [0.2, 0.25) is 0 Å². The van der Waals surface area contributed by atoms with Crippen molar-refractivity contribution in [3.05, 3.63) is 67.0 Å². The van der Waals surface area contributed by atoms with Crippen LogP contribution in [0, 0.1) is 41.0 Å². The predicted molar refractivity (Wildman–Crippen MR) is 77.5 cm³/mol. The molecule has 0 fully saturated rings. The van der Waals surface area contributed by atoms with E-state index in [9.17, 15) is 20.2 Å². The molecule has 0 spiro atoms. The van der Waals surface area contributed by atoms with Crippen molar-refractivity contribution in [3.8, 4) is 0 Å². The van der Waals surface area contributed by atoms with E-state index >= 15 is 0 Å². The molecule has 7 heteroatoms. The Balaban J connectivity index is 2.46. The molecule has 0 bridgehead atoms. The topological polar surface area (TPSA) is 91.2 Å². The van der Waals surface area contributed by atoms with Crippen molar-refractivity contribution in [2.75, 3.05) is 0 Å². The van der Waals surface area contributed by atoms with E-state index in [4.69, 9.17) is 0 Å². The molecule has 21 heavy (non-hydrogen) atoms. The Kier molecular flexibility index (Phi) is 3.75. The average molecular weight is 289 g/mol. The van der Waals surface area contributed by atoms with Crippen molar-refractivity contribution in [2.45, 2.75) is 27.3 Å². The number of nitro groups is 2. The summed E-state index contributed by atoms with van der Waals surface area (Å²) in [7, 11) is 0. The van der Waals surface area contributed by atoms with Crippen LogP contribution in [0.25, 0.3) is 0 Å². The number of nitro benzene ring substituents is 2. The first kappa shape index (κ1) is 14.7. The molecular formula is C14H15N3O4. The number of benzene rings is 1. The highest BCUT2D eigenvalue weighted by Crippen LogP contribution is 2.26. The zero-order valence-electron chi connectivity index (χ0n) is 12.0. The maximum atomic E-state index is 11.1.